The lowest BCUT2D eigenvalue weighted by molar-refractivity contribution is 0.185. The van der Waals surface area contributed by atoms with Crippen molar-refractivity contribution in [3.8, 4) is 0 Å². The van der Waals surface area contributed by atoms with Crippen LogP contribution in [0.4, 0.5) is 14.6 Å². The lowest BCUT2D eigenvalue weighted by atomic mass is 10.1. The Kier molecular flexibility index (Phi) is 4.51. The molecule has 128 valence electrons. The van der Waals surface area contributed by atoms with Crippen LogP contribution >= 0.6 is 0 Å². The fourth-order valence-corrected chi connectivity index (χ4v) is 3.53. The fourth-order valence-electron chi connectivity index (χ4n) is 2.39. The number of methoxy groups -OCH3 is 1. The second-order valence-corrected chi connectivity index (χ2v) is 7.31. The Morgan fingerprint density at radius 1 is 1.29 bits per heavy atom. The van der Waals surface area contributed by atoms with E-state index >= 15 is 0 Å². The minimum absolute atomic E-state index is 0.0462. The monoisotopic (exact) mass is 354 g/mol. The predicted molar refractivity (Wildman–Crippen MR) is 84.1 cm³/mol. The number of anilines is 1. The van der Waals surface area contributed by atoms with Crippen molar-refractivity contribution < 1.29 is 21.9 Å². The van der Waals surface area contributed by atoms with Gasteiger partial charge in [-0.25, -0.2) is 22.2 Å². The molecule has 1 aromatic heterocycles. The van der Waals surface area contributed by atoms with Gasteiger partial charge < -0.3 is 4.74 Å². The van der Waals surface area contributed by atoms with Gasteiger partial charge in [-0.2, -0.15) is 0 Å². The quantitative estimate of drug-likeness (QED) is 0.865. The summed E-state index contributed by atoms with van der Waals surface area (Å²) in [5.74, 6) is -1.39. The molecule has 1 heterocycles. The van der Waals surface area contributed by atoms with E-state index in [9.17, 15) is 17.2 Å². The van der Waals surface area contributed by atoms with Gasteiger partial charge >= 0.3 is 0 Å². The third-order valence-corrected chi connectivity index (χ3v) is 5.10. The molecule has 1 N–H and O–H groups in total. The Balaban J connectivity index is 1.95. The first-order chi connectivity index (χ1) is 11.4. The lowest BCUT2D eigenvalue weighted by Gasteiger charge is -2.13. The van der Waals surface area contributed by atoms with Crippen LogP contribution in [0.3, 0.4) is 0 Å². The Hall–Kier alpha value is -2.06. The van der Waals surface area contributed by atoms with Gasteiger partial charge in [0, 0.05) is 18.9 Å². The van der Waals surface area contributed by atoms with E-state index in [2.05, 4.69) is 9.71 Å². The van der Waals surface area contributed by atoms with Crippen LogP contribution < -0.4 is 4.72 Å². The van der Waals surface area contributed by atoms with E-state index in [0.717, 1.165) is 30.5 Å². The number of nitrogens with one attached hydrogen (secondary N) is 1. The third-order valence-electron chi connectivity index (χ3n) is 3.75. The molecule has 0 spiro atoms. The molecule has 0 radical (unpaired) electrons. The van der Waals surface area contributed by atoms with Gasteiger partial charge in [0.05, 0.1) is 6.61 Å². The zero-order valence-electron chi connectivity index (χ0n) is 12.9. The zero-order valence-corrected chi connectivity index (χ0v) is 13.7. The Bertz CT molecular complexity index is 868. The molecule has 2 aromatic rings. The summed E-state index contributed by atoms with van der Waals surface area (Å²) in [6.45, 7) is 0.150. The van der Waals surface area contributed by atoms with Crippen LogP contribution in [0.25, 0.3) is 0 Å². The maximum Gasteiger partial charge on any atom is 0.266 e. The molecule has 5 nitrogen and oxygen atoms in total. The molecule has 8 heteroatoms. The van der Waals surface area contributed by atoms with Crippen molar-refractivity contribution >= 4 is 15.8 Å². The predicted octanol–water partition coefficient (Wildman–Crippen LogP) is 3.18. The van der Waals surface area contributed by atoms with E-state index in [4.69, 9.17) is 4.74 Å². The number of aromatic nitrogens is 1. The van der Waals surface area contributed by atoms with E-state index in [1.165, 1.54) is 7.11 Å². The number of rotatable bonds is 6. The number of ether oxygens (including phenoxy) is 1. The molecule has 0 saturated heterocycles. The number of pyridine rings is 1. The minimum atomic E-state index is -4.31. The van der Waals surface area contributed by atoms with Gasteiger partial charge in [-0.1, -0.05) is 0 Å². The van der Waals surface area contributed by atoms with Crippen LogP contribution in [-0.4, -0.2) is 20.5 Å². The number of hydrogen-bond donors (Lipinski definition) is 1. The number of sulfonamides is 1. The van der Waals surface area contributed by atoms with Crippen molar-refractivity contribution in [2.45, 2.75) is 30.3 Å². The molecule has 1 aliphatic rings. The van der Waals surface area contributed by atoms with Crippen LogP contribution in [0.15, 0.2) is 35.4 Å². The second kappa shape index (κ2) is 6.45. The summed E-state index contributed by atoms with van der Waals surface area (Å²) < 4.78 is 59.1. The highest BCUT2D eigenvalue weighted by Crippen LogP contribution is 2.40. The van der Waals surface area contributed by atoms with Crippen LogP contribution in [0.2, 0.25) is 0 Å². The van der Waals surface area contributed by atoms with Crippen molar-refractivity contribution in [2.24, 2.45) is 0 Å². The average molecular weight is 354 g/mol. The first-order valence-electron chi connectivity index (χ1n) is 7.36. The fraction of sp³-hybridized carbons (Fsp3) is 0.312. The first kappa shape index (κ1) is 16.8. The summed E-state index contributed by atoms with van der Waals surface area (Å²) in [4.78, 5) is 3.37. The zero-order chi connectivity index (χ0) is 17.3. The highest BCUT2D eigenvalue weighted by atomic mass is 32.2. The van der Waals surface area contributed by atoms with Gasteiger partial charge in [0.15, 0.2) is 0 Å². The molecule has 3 rings (SSSR count). The molecule has 0 atom stereocenters. The molecule has 1 aromatic carbocycles. The SMILES string of the molecule is COCc1cc(C2CC2)cnc1NS(=O)(=O)c1cc(F)ccc1F. The van der Waals surface area contributed by atoms with Crippen molar-refractivity contribution in [2.75, 3.05) is 11.8 Å². The van der Waals surface area contributed by atoms with Crippen LogP contribution in [0.1, 0.15) is 29.9 Å². The van der Waals surface area contributed by atoms with E-state index in [-0.39, 0.29) is 12.4 Å². The van der Waals surface area contributed by atoms with Crippen molar-refractivity contribution in [3.05, 3.63) is 53.2 Å². The topological polar surface area (TPSA) is 68.3 Å². The van der Waals surface area contributed by atoms with E-state index in [0.29, 0.717) is 17.5 Å². The highest BCUT2D eigenvalue weighted by Gasteiger charge is 2.26. The average Bonchev–Trinajstić information content (AvgIpc) is 3.36. The molecule has 1 saturated carbocycles. The van der Waals surface area contributed by atoms with Crippen molar-refractivity contribution in [1.82, 2.24) is 4.98 Å². The van der Waals surface area contributed by atoms with Crippen molar-refractivity contribution in [1.29, 1.82) is 0 Å². The van der Waals surface area contributed by atoms with Gasteiger partial charge in [-0.15, -0.1) is 0 Å². The van der Waals surface area contributed by atoms with Gasteiger partial charge in [0.25, 0.3) is 10.0 Å². The van der Waals surface area contributed by atoms with Crippen molar-refractivity contribution in [3.63, 3.8) is 0 Å². The number of halogens is 2. The molecule has 0 amide bonds. The normalized spacial score (nSPS) is 14.6. The largest absolute Gasteiger partial charge is 0.380 e. The summed E-state index contributed by atoms with van der Waals surface area (Å²) in [6.07, 6.45) is 3.75. The van der Waals surface area contributed by atoms with Gasteiger partial charge in [-0.3, -0.25) is 4.72 Å². The van der Waals surface area contributed by atoms with Gasteiger partial charge in [-0.05, 0) is 48.6 Å². The minimum Gasteiger partial charge on any atom is -0.380 e. The molecular weight excluding hydrogens is 338 g/mol. The summed E-state index contributed by atoms with van der Waals surface area (Å²) in [5.41, 5.74) is 1.56. The molecular formula is C16H16F2N2O3S. The maximum atomic E-state index is 13.8. The summed E-state index contributed by atoms with van der Waals surface area (Å²) >= 11 is 0. The molecule has 0 bridgehead atoms. The first-order valence-corrected chi connectivity index (χ1v) is 8.84. The summed E-state index contributed by atoms with van der Waals surface area (Å²) in [7, 11) is -2.83. The second-order valence-electron chi connectivity index (χ2n) is 5.66. The molecule has 1 aliphatic carbocycles. The molecule has 1 fully saturated rings. The summed E-state index contributed by atoms with van der Waals surface area (Å²) in [6, 6.07) is 4.08. The lowest BCUT2D eigenvalue weighted by Crippen LogP contribution is -2.17. The van der Waals surface area contributed by atoms with Crippen LogP contribution in [0.5, 0.6) is 0 Å². The van der Waals surface area contributed by atoms with Gasteiger partial charge in [0.1, 0.15) is 22.3 Å². The van der Waals surface area contributed by atoms with Crippen LogP contribution in [0, 0.1) is 11.6 Å². The van der Waals surface area contributed by atoms with E-state index < -0.39 is 26.6 Å². The molecule has 0 unspecified atom stereocenters. The van der Waals surface area contributed by atoms with Crippen LogP contribution in [-0.2, 0) is 21.4 Å². The van der Waals surface area contributed by atoms with E-state index in [1.807, 2.05) is 6.07 Å². The summed E-state index contributed by atoms with van der Waals surface area (Å²) in [5, 5.41) is 0. The standard InChI is InChI=1S/C16H16F2N2O3S/c1-23-9-12-6-11(10-2-3-10)8-19-16(12)20-24(21,22)15-7-13(17)4-5-14(15)18/h4-8,10H,2-3,9H2,1H3,(H,19,20). The Labute approximate surface area is 138 Å². The third kappa shape index (κ3) is 3.54. The maximum absolute atomic E-state index is 13.8. The number of nitrogens with zero attached hydrogens (tertiary/aromatic N) is 1. The number of hydrogen-bond acceptors (Lipinski definition) is 4. The number of benzene rings is 1. The highest BCUT2D eigenvalue weighted by molar-refractivity contribution is 7.92. The Morgan fingerprint density at radius 2 is 2.04 bits per heavy atom. The van der Waals surface area contributed by atoms with Gasteiger partial charge in [0.2, 0.25) is 0 Å². The van der Waals surface area contributed by atoms with E-state index in [1.54, 1.807) is 6.20 Å². The molecule has 24 heavy (non-hydrogen) atoms. The smallest absolute Gasteiger partial charge is 0.266 e. The molecule has 0 aliphatic heterocycles. The Morgan fingerprint density at radius 3 is 2.71 bits per heavy atom.